The Labute approximate surface area is 173 Å². The van der Waals surface area contributed by atoms with E-state index in [0.29, 0.717) is 29.4 Å². The van der Waals surface area contributed by atoms with Crippen molar-refractivity contribution in [3.63, 3.8) is 0 Å². The smallest absolute Gasteiger partial charge is 0.320 e. The minimum atomic E-state index is -0.397. The number of anilines is 4. The molecule has 10 nitrogen and oxygen atoms in total. The average Bonchev–Trinajstić information content (AvgIpc) is 2.75. The Morgan fingerprint density at radius 2 is 1.87 bits per heavy atom. The molecule has 3 amide bonds. The standard InChI is InChI=1S/C20H21N7O3/c1-3-23-20(29)27-18-8-17(25-14-7-15(30-2)11-22-10-14)16(12-24-18)19(28)26-13-5-4-6-21-9-13/h4-12H,3H2,1-2H3,(H,26,28)(H3,23,24,25,27,29). The average molecular weight is 407 g/mol. The lowest BCUT2D eigenvalue weighted by Gasteiger charge is -2.14. The first kappa shape index (κ1) is 20.5. The Balaban J connectivity index is 1.91. The van der Waals surface area contributed by atoms with Crippen molar-refractivity contribution in [1.29, 1.82) is 0 Å². The summed E-state index contributed by atoms with van der Waals surface area (Å²) in [5.74, 6) is 0.437. The first-order chi connectivity index (χ1) is 14.6. The Hall–Kier alpha value is -4.21. The highest BCUT2D eigenvalue weighted by atomic mass is 16.5. The van der Waals surface area contributed by atoms with Gasteiger partial charge >= 0.3 is 6.03 Å². The van der Waals surface area contributed by atoms with Gasteiger partial charge in [-0.1, -0.05) is 0 Å². The maximum absolute atomic E-state index is 12.8. The lowest BCUT2D eigenvalue weighted by atomic mass is 10.2. The third-order valence-electron chi connectivity index (χ3n) is 3.87. The predicted octanol–water partition coefficient (Wildman–Crippen LogP) is 3.02. The second kappa shape index (κ2) is 9.82. The van der Waals surface area contributed by atoms with Crippen LogP contribution in [0, 0.1) is 0 Å². The maximum Gasteiger partial charge on any atom is 0.320 e. The molecule has 10 heteroatoms. The third kappa shape index (κ3) is 5.41. The van der Waals surface area contributed by atoms with Gasteiger partial charge in [-0.05, 0) is 19.1 Å². The molecule has 3 aromatic heterocycles. The highest BCUT2D eigenvalue weighted by Gasteiger charge is 2.15. The molecule has 3 rings (SSSR count). The molecule has 0 saturated heterocycles. The van der Waals surface area contributed by atoms with Crippen LogP contribution in [0.1, 0.15) is 17.3 Å². The van der Waals surface area contributed by atoms with Gasteiger partial charge in [0.1, 0.15) is 11.6 Å². The van der Waals surface area contributed by atoms with Crippen molar-refractivity contribution in [2.75, 3.05) is 29.6 Å². The van der Waals surface area contributed by atoms with E-state index in [-0.39, 0.29) is 11.4 Å². The summed E-state index contributed by atoms with van der Waals surface area (Å²) in [5, 5.41) is 11.1. The molecule has 4 N–H and O–H groups in total. The van der Waals surface area contributed by atoms with Crippen molar-refractivity contribution < 1.29 is 14.3 Å². The number of carbonyl (C=O) groups is 2. The highest BCUT2D eigenvalue weighted by Crippen LogP contribution is 2.25. The zero-order valence-corrected chi connectivity index (χ0v) is 16.5. The van der Waals surface area contributed by atoms with Gasteiger partial charge in [-0.25, -0.2) is 9.78 Å². The summed E-state index contributed by atoms with van der Waals surface area (Å²) in [6, 6.07) is 6.34. The second-order valence-corrected chi connectivity index (χ2v) is 6.03. The lowest BCUT2D eigenvalue weighted by Crippen LogP contribution is -2.28. The van der Waals surface area contributed by atoms with Gasteiger partial charge in [-0.3, -0.25) is 20.1 Å². The van der Waals surface area contributed by atoms with Crippen LogP contribution in [0.15, 0.2) is 55.2 Å². The van der Waals surface area contributed by atoms with Gasteiger partial charge in [0.25, 0.3) is 5.91 Å². The fourth-order valence-electron chi connectivity index (χ4n) is 2.52. The van der Waals surface area contributed by atoms with E-state index in [9.17, 15) is 9.59 Å². The molecule has 0 aromatic carbocycles. The Morgan fingerprint density at radius 3 is 2.60 bits per heavy atom. The van der Waals surface area contributed by atoms with Gasteiger partial charge < -0.3 is 20.7 Å². The number of urea groups is 1. The van der Waals surface area contributed by atoms with Crippen LogP contribution in [-0.2, 0) is 0 Å². The molecular weight excluding hydrogens is 386 g/mol. The summed E-state index contributed by atoms with van der Waals surface area (Å²) in [5.41, 5.74) is 1.83. The summed E-state index contributed by atoms with van der Waals surface area (Å²) in [6.45, 7) is 2.28. The maximum atomic E-state index is 12.8. The van der Waals surface area contributed by atoms with Crippen LogP contribution >= 0.6 is 0 Å². The van der Waals surface area contributed by atoms with E-state index >= 15 is 0 Å². The minimum Gasteiger partial charge on any atom is -0.495 e. The molecule has 0 spiro atoms. The Morgan fingerprint density at radius 1 is 1.03 bits per heavy atom. The predicted molar refractivity (Wildman–Crippen MR) is 113 cm³/mol. The summed E-state index contributed by atoms with van der Waals surface area (Å²) in [6.07, 6.45) is 7.68. The summed E-state index contributed by atoms with van der Waals surface area (Å²) in [7, 11) is 1.54. The molecule has 0 aliphatic heterocycles. The van der Waals surface area contributed by atoms with Gasteiger partial charge in [-0.15, -0.1) is 0 Å². The first-order valence-corrected chi connectivity index (χ1v) is 9.11. The molecule has 0 radical (unpaired) electrons. The van der Waals surface area contributed by atoms with Crippen LogP contribution < -0.4 is 26.0 Å². The van der Waals surface area contributed by atoms with Gasteiger partial charge in [0.05, 0.1) is 48.3 Å². The zero-order valence-electron chi connectivity index (χ0n) is 16.5. The lowest BCUT2D eigenvalue weighted by molar-refractivity contribution is 0.102. The molecule has 154 valence electrons. The number of methoxy groups -OCH3 is 1. The SMILES string of the molecule is CCNC(=O)Nc1cc(Nc2cncc(OC)c2)c(C(=O)Nc2cccnc2)cn1. The quantitative estimate of drug-likeness (QED) is 0.473. The van der Waals surface area contributed by atoms with E-state index in [4.69, 9.17) is 4.74 Å². The molecule has 0 saturated carbocycles. The largest absolute Gasteiger partial charge is 0.495 e. The molecule has 0 fully saturated rings. The van der Waals surface area contributed by atoms with E-state index in [2.05, 4.69) is 36.2 Å². The number of aromatic nitrogens is 3. The Kier molecular flexibility index (Phi) is 6.72. The number of hydrogen-bond donors (Lipinski definition) is 4. The van der Waals surface area contributed by atoms with Gasteiger partial charge in [0, 0.05) is 31.1 Å². The van der Waals surface area contributed by atoms with Crippen LogP contribution in [-0.4, -0.2) is 40.5 Å². The van der Waals surface area contributed by atoms with E-state index in [1.165, 1.54) is 19.5 Å². The van der Waals surface area contributed by atoms with Crippen LogP contribution in [0.5, 0.6) is 5.75 Å². The van der Waals surface area contributed by atoms with Crippen molar-refractivity contribution in [2.45, 2.75) is 6.92 Å². The fraction of sp³-hybridized carbons (Fsp3) is 0.150. The number of pyridine rings is 3. The minimum absolute atomic E-state index is 0.267. The topological polar surface area (TPSA) is 130 Å². The summed E-state index contributed by atoms with van der Waals surface area (Å²) < 4.78 is 5.19. The number of nitrogens with zero attached hydrogens (tertiary/aromatic N) is 3. The van der Waals surface area contributed by atoms with Crippen LogP contribution in [0.4, 0.5) is 27.7 Å². The molecular formula is C20H21N7O3. The van der Waals surface area contributed by atoms with Gasteiger partial charge in [-0.2, -0.15) is 0 Å². The van der Waals surface area contributed by atoms with Crippen LogP contribution in [0.25, 0.3) is 0 Å². The monoisotopic (exact) mass is 407 g/mol. The van der Waals surface area contributed by atoms with E-state index in [1.807, 2.05) is 6.92 Å². The summed E-state index contributed by atoms with van der Waals surface area (Å²) >= 11 is 0. The van der Waals surface area contributed by atoms with E-state index in [1.54, 1.807) is 42.9 Å². The third-order valence-corrected chi connectivity index (χ3v) is 3.87. The highest BCUT2D eigenvalue weighted by molar-refractivity contribution is 6.08. The van der Waals surface area contributed by atoms with Crippen molar-refractivity contribution in [2.24, 2.45) is 0 Å². The molecule has 0 unspecified atom stereocenters. The first-order valence-electron chi connectivity index (χ1n) is 9.11. The van der Waals surface area contributed by atoms with Crippen molar-refractivity contribution >= 4 is 34.8 Å². The molecule has 0 aliphatic rings. The molecule has 0 atom stereocenters. The molecule has 3 heterocycles. The second-order valence-electron chi connectivity index (χ2n) is 6.03. The number of rotatable bonds is 7. The molecule has 0 bridgehead atoms. The normalized spacial score (nSPS) is 10.1. The molecule has 0 aliphatic carbocycles. The number of carbonyl (C=O) groups excluding carboxylic acids is 2. The van der Waals surface area contributed by atoms with E-state index < -0.39 is 11.9 Å². The van der Waals surface area contributed by atoms with Crippen LogP contribution in [0.2, 0.25) is 0 Å². The number of ether oxygens (including phenoxy) is 1. The Bertz CT molecular complexity index is 1030. The van der Waals surface area contributed by atoms with Crippen molar-refractivity contribution in [3.8, 4) is 5.75 Å². The van der Waals surface area contributed by atoms with Gasteiger partial charge in [0.15, 0.2) is 0 Å². The summed E-state index contributed by atoms with van der Waals surface area (Å²) in [4.78, 5) is 36.9. The molecule has 3 aromatic rings. The number of hydrogen-bond acceptors (Lipinski definition) is 7. The molecule has 30 heavy (non-hydrogen) atoms. The van der Waals surface area contributed by atoms with E-state index in [0.717, 1.165) is 0 Å². The van der Waals surface area contributed by atoms with Crippen LogP contribution in [0.3, 0.4) is 0 Å². The zero-order chi connectivity index (χ0) is 21.3. The van der Waals surface area contributed by atoms with Crippen molar-refractivity contribution in [1.82, 2.24) is 20.3 Å². The fourth-order valence-corrected chi connectivity index (χ4v) is 2.52. The number of nitrogens with one attached hydrogen (secondary N) is 4. The van der Waals surface area contributed by atoms with Crippen molar-refractivity contribution in [3.05, 3.63) is 60.8 Å². The van der Waals surface area contributed by atoms with Gasteiger partial charge in [0.2, 0.25) is 0 Å². The number of amides is 3.